The normalized spacial score (nSPS) is 19.3. The highest BCUT2D eigenvalue weighted by Crippen LogP contribution is 2.17. The van der Waals surface area contributed by atoms with Crippen molar-refractivity contribution in [3.63, 3.8) is 0 Å². The van der Waals surface area contributed by atoms with E-state index in [1.165, 1.54) is 6.20 Å². The molecule has 5 nitrogen and oxygen atoms in total. The van der Waals surface area contributed by atoms with Crippen molar-refractivity contribution in [2.24, 2.45) is 0 Å². The number of nitrogens with one attached hydrogen (secondary N) is 1. The molecule has 2 aromatic heterocycles. The van der Waals surface area contributed by atoms with Crippen molar-refractivity contribution in [2.45, 2.75) is 18.9 Å². The molecule has 0 amide bonds. The minimum absolute atomic E-state index is 0.288. The zero-order valence-electron chi connectivity index (χ0n) is 8.60. The average molecular weight is 214 g/mol. The first-order valence-electron chi connectivity index (χ1n) is 5.21. The van der Waals surface area contributed by atoms with Crippen molar-refractivity contribution >= 4 is 11.2 Å². The summed E-state index contributed by atoms with van der Waals surface area (Å²) >= 11 is 0. The fourth-order valence-electron chi connectivity index (χ4n) is 1.77. The van der Waals surface area contributed by atoms with Gasteiger partial charge >= 0.3 is 0 Å². The lowest BCUT2D eigenvalue weighted by molar-refractivity contribution is -0.0500. The van der Waals surface area contributed by atoms with E-state index >= 15 is 0 Å². The van der Waals surface area contributed by atoms with E-state index in [9.17, 15) is 0 Å². The van der Waals surface area contributed by atoms with Gasteiger partial charge < -0.3 is 9.72 Å². The van der Waals surface area contributed by atoms with Gasteiger partial charge in [0.25, 0.3) is 0 Å². The van der Waals surface area contributed by atoms with E-state index < -0.39 is 0 Å². The van der Waals surface area contributed by atoms with E-state index in [2.05, 4.69) is 21.0 Å². The minimum atomic E-state index is 0.288. The number of hydrogen-bond acceptors (Lipinski definition) is 4. The molecule has 0 spiro atoms. The van der Waals surface area contributed by atoms with Crippen LogP contribution in [0.1, 0.15) is 17.8 Å². The molecule has 0 aliphatic carbocycles. The van der Waals surface area contributed by atoms with Crippen LogP contribution < -0.4 is 0 Å². The summed E-state index contributed by atoms with van der Waals surface area (Å²) in [5.41, 5.74) is 2.02. The number of H-pyrrole nitrogens is 1. The van der Waals surface area contributed by atoms with Gasteiger partial charge in [-0.3, -0.25) is 0 Å². The number of nitrogens with zero attached hydrogens (tertiary/aromatic N) is 3. The monoisotopic (exact) mass is 214 g/mol. The Morgan fingerprint density at radius 2 is 2.50 bits per heavy atom. The maximum Gasteiger partial charge on any atom is 0.177 e. The minimum Gasteiger partial charge on any atom is -0.378 e. The van der Waals surface area contributed by atoms with Gasteiger partial charge in [-0.05, 0) is 12.5 Å². The molecule has 16 heavy (non-hydrogen) atoms. The van der Waals surface area contributed by atoms with Crippen LogP contribution in [0, 0.1) is 11.3 Å². The first-order chi connectivity index (χ1) is 7.85. The van der Waals surface area contributed by atoms with Crippen LogP contribution in [0.4, 0.5) is 0 Å². The largest absolute Gasteiger partial charge is 0.378 e. The molecule has 1 N–H and O–H groups in total. The van der Waals surface area contributed by atoms with Crippen molar-refractivity contribution in [3.8, 4) is 6.07 Å². The number of nitriles is 1. The van der Waals surface area contributed by atoms with Crippen LogP contribution in [0.3, 0.4) is 0 Å². The summed E-state index contributed by atoms with van der Waals surface area (Å²) in [5, 5.41) is 8.75. The van der Waals surface area contributed by atoms with Crippen LogP contribution in [-0.4, -0.2) is 27.7 Å². The van der Waals surface area contributed by atoms with Gasteiger partial charge in [-0.2, -0.15) is 5.26 Å². The predicted octanol–water partition coefficient (Wildman–Crippen LogP) is 1.16. The number of hydrogen-bond donors (Lipinski definition) is 1. The van der Waals surface area contributed by atoms with Crippen molar-refractivity contribution in [3.05, 3.63) is 23.7 Å². The molecule has 3 heterocycles. The van der Waals surface area contributed by atoms with Crippen molar-refractivity contribution in [1.29, 1.82) is 5.26 Å². The molecule has 1 unspecified atom stereocenters. The number of fused-ring (bicyclic) bond motifs is 1. The fourth-order valence-corrected chi connectivity index (χ4v) is 1.77. The number of imidazole rings is 1. The number of pyridine rings is 1. The highest BCUT2D eigenvalue weighted by Gasteiger charge is 2.20. The Morgan fingerprint density at radius 3 is 3.19 bits per heavy atom. The molecule has 0 bridgehead atoms. The average Bonchev–Trinajstić information content (AvgIpc) is 2.64. The second kappa shape index (κ2) is 3.58. The van der Waals surface area contributed by atoms with Crippen LogP contribution in [0.25, 0.3) is 11.2 Å². The Hall–Kier alpha value is -1.93. The van der Waals surface area contributed by atoms with Crippen LogP contribution in [-0.2, 0) is 11.2 Å². The zero-order valence-corrected chi connectivity index (χ0v) is 8.60. The summed E-state index contributed by atoms with van der Waals surface area (Å²) in [4.78, 5) is 11.6. The van der Waals surface area contributed by atoms with Gasteiger partial charge in [0.2, 0.25) is 0 Å². The Balaban J connectivity index is 1.92. The number of rotatable bonds is 2. The van der Waals surface area contributed by atoms with Gasteiger partial charge in [0.05, 0.1) is 17.2 Å². The zero-order chi connectivity index (χ0) is 11.0. The van der Waals surface area contributed by atoms with Gasteiger partial charge in [-0.15, -0.1) is 0 Å². The predicted molar refractivity (Wildman–Crippen MR) is 56.7 cm³/mol. The summed E-state index contributed by atoms with van der Waals surface area (Å²) in [5.74, 6) is 0.877. The van der Waals surface area contributed by atoms with Crippen molar-refractivity contribution in [1.82, 2.24) is 15.0 Å². The third kappa shape index (κ3) is 1.53. The fraction of sp³-hybridized carbons (Fsp3) is 0.364. The van der Waals surface area contributed by atoms with Crippen molar-refractivity contribution < 1.29 is 4.74 Å². The molecule has 1 saturated heterocycles. The third-order valence-electron chi connectivity index (χ3n) is 2.73. The molecule has 3 rings (SSSR count). The van der Waals surface area contributed by atoms with Gasteiger partial charge in [0.1, 0.15) is 11.9 Å². The summed E-state index contributed by atoms with van der Waals surface area (Å²) in [7, 11) is 0. The first kappa shape index (κ1) is 9.31. The standard InChI is InChI=1S/C11H10N4O/c12-5-7-3-9-11(13-6-7)15-10(14-9)4-8-1-2-16-8/h3,6,8H,1-2,4H2,(H,13,14,15). The van der Waals surface area contributed by atoms with Crippen LogP contribution in [0.15, 0.2) is 12.3 Å². The number of aromatic nitrogens is 3. The lowest BCUT2D eigenvalue weighted by Gasteiger charge is -2.25. The van der Waals surface area contributed by atoms with E-state index in [0.717, 1.165) is 30.8 Å². The number of ether oxygens (including phenoxy) is 1. The second-order valence-corrected chi connectivity index (χ2v) is 3.88. The van der Waals surface area contributed by atoms with Gasteiger partial charge in [0, 0.05) is 19.2 Å². The molecule has 1 aliphatic heterocycles. The van der Waals surface area contributed by atoms with E-state index in [1.807, 2.05) is 0 Å². The van der Waals surface area contributed by atoms with E-state index in [0.29, 0.717) is 11.2 Å². The molecule has 1 aliphatic rings. The molecule has 2 aromatic rings. The smallest absolute Gasteiger partial charge is 0.177 e. The molecule has 5 heteroatoms. The van der Waals surface area contributed by atoms with Crippen molar-refractivity contribution in [2.75, 3.05) is 6.61 Å². The third-order valence-corrected chi connectivity index (χ3v) is 2.73. The van der Waals surface area contributed by atoms with Crippen LogP contribution >= 0.6 is 0 Å². The van der Waals surface area contributed by atoms with Gasteiger partial charge in [-0.25, -0.2) is 9.97 Å². The Kier molecular flexibility index (Phi) is 2.08. The van der Waals surface area contributed by atoms with E-state index in [-0.39, 0.29) is 6.10 Å². The van der Waals surface area contributed by atoms with E-state index in [4.69, 9.17) is 10.00 Å². The lowest BCUT2D eigenvalue weighted by Crippen LogP contribution is -2.29. The molecule has 0 aromatic carbocycles. The van der Waals surface area contributed by atoms with E-state index in [1.54, 1.807) is 6.07 Å². The summed E-state index contributed by atoms with van der Waals surface area (Å²) in [6.07, 6.45) is 3.70. The highest BCUT2D eigenvalue weighted by molar-refractivity contribution is 5.71. The van der Waals surface area contributed by atoms with Crippen LogP contribution in [0.5, 0.6) is 0 Å². The Bertz CT molecular complexity index is 565. The van der Waals surface area contributed by atoms with Gasteiger partial charge in [0.15, 0.2) is 5.65 Å². The summed E-state index contributed by atoms with van der Waals surface area (Å²) in [6, 6.07) is 3.82. The molecule has 0 radical (unpaired) electrons. The molecular weight excluding hydrogens is 204 g/mol. The SMILES string of the molecule is N#Cc1cnc2nc(CC3CCO3)[nH]c2c1. The maximum absolute atomic E-state index is 8.75. The topological polar surface area (TPSA) is 74.6 Å². The molecule has 0 saturated carbocycles. The first-order valence-corrected chi connectivity index (χ1v) is 5.21. The van der Waals surface area contributed by atoms with Crippen LogP contribution in [0.2, 0.25) is 0 Å². The quantitative estimate of drug-likeness (QED) is 0.814. The molecule has 80 valence electrons. The summed E-state index contributed by atoms with van der Waals surface area (Å²) in [6.45, 7) is 0.849. The maximum atomic E-state index is 8.75. The Morgan fingerprint density at radius 1 is 1.62 bits per heavy atom. The summed E-state index contributed by atoms with van der Waals surface area (Å²) < 4.78 is 5.34. The Labute approximate surface area is 92.1 Å². The number of aromatic amines is 1. The highest BCUT2D eigenvalue weighted by atomic mass is 16.5. The lowest BCUT2D eigenvalue weighted by atomic mass is 10.1. The molecule has 1 fully saturated rings. The molecular formula is C11H10N4O. The molecule has 1 atom stereocenters. The van der Waals surface area contributed by atoms with Gasteiger partial charge in [-0.1, -0.05) is 0 Å². The second-order valence-electron chi connectivity index (χ2n) is 3.88.